The number of unbranched alkanes of at least 4 members (excludes halogenated alkanes) is 12. The Hall–Kier alpha value is -3.08. The normalized spacial score (nSPS) is 14.5. The van der Waals surface area contributed by atoms with Crippen LogP contribution in [-0.2, 0) is 37.5 Å². The number of ether oxygens (including phenoxy) is 2. The van der Waals surface area contributed by atoms with Crippen LogP contribution in [0.2, 0.25) is 0 Å². The lowest BCUT2D eigenvalue weighted by Crippen LogP contribution is -2.34. The summed E-state index contributed by atoms with van der Waals surface area (Å²) in [5.74, 6) is -2.45. The summed E-state index contributed by atoms with van der Waals surface area (Å²) in [4.78, 5) is 45.9. The van der Waals surface area contributed by atoms with Gasteiger partial charge in [0.15, 0.2) is 6.10 Å². The lowest BCUT2D eigenvalue weighted by atomic mass is 10.1. The molecule has 0 saturated heterocycles. The van der Waals surface area contributed by atoms with Crippen LogP contribution >= 0.6 is 7.82 Å². The van der Waals surface area contributed by atoms with Crippen LogP contribution in [0.25, 0.3) is 0 Å². The first-order chi connectivity index (χ1) is 27.1. The molecule has 0 bridgehead atoms. The molecule has 0 saturated carbocycles. The van der Waals surface area contributed by atoms with E-state index in [1.54, 1.807) is 0 Å². The Balaban J connectivity index is 4.47. The molecule has 0 amide bonds. The lowest BCUT2D eigenvalue weighted by Gasteiger charge is -2.20. The molecular weight excluding hydrogens is 733 g/mol. The predicted octanol–water partition coefficient (Wildman–Crippen LogP) is 10.9. The minimum Gasteiger partial charge on any atom is -0.480 e. The molecule has 0 radical (unpaired) electrons. The highest BCUT2D eigenvalue weighted by atomic mass is 31.2. The standard InChI is InChI=1S/C44H74NO10P/c1-3-5-7-9-11-13-15-17-18-19-20-21-22-24-25-27-29-31-33-35-42(46)52-37-40(38-53-56(50,51)54-39-41(45)44(48)49)55-43(47)36-34-32-30-28-26-23-16-14-12-10-8-6-4-2/h5,7,11,13,17-18,20-21,23-26,40-41H,3-4,6,8-10,12,14-16,19,22,27-39,45H2,1-2H3,(H,48,49)(H,50,51)/b7-5+,13-11+,18-17+,21-20+,25-24+,26-23+/t40-,41+/m0/s1. The molecule has 3 atom stereocenters. The van der Waals surface area contributed by atoms with Crippen molar-refractivity contribution in [2.24, 2.45) is 5.73 Å². The van der Waals surface area contributed by atoms with E-state index in [0.29, 0.717) is 12.8 Å². The van der Waals surface area contributed by atoms with Crippen LogP contribution in [0, 0.1) is 0 Å². The fourth-order valence-corrected chi connectivity index (χ4v) is 5.92. The molecule has 0 spiro atoms. The summed E-state index contributed by atoms with van der Waals surface area (Å²) in [7, 11) is -4.73. The Morgan fingerprint density at radius 2 is 1.00 bits per heavy atom. The maximum atomic E-state index is 12.6. The van der Waals surface area contributed by atoms with Crippen LogP contribution < -0.4 is 5.73 Å². The van der Waals surface area contributed by atoms with Gasteiger partial charge in [0.1, 0.15) is 12.6 Å². The number of nitrogens with two attached hydrogens (primary N) is 1. The van der Waals surface area contributed by atoms with E-state index in [1.165, 1.54) is 38.5 Å². The van der Waals surface area contributed by atoms with Gasteiger partial charge in [0, 0.05) is 12.8 Å². The van der Waals surface area contributed by atoms with Gasteiger partial charge in [-0.1, -0.05) is 132 Å². The maximum absolute atomic E-state index is 12.6. The average Bonchev–Trinajstić information content (AvgIpc) is 3.17. The molecule has 0 aliphatic carbocycles. The highest BCUT2D eigenvalue weighted by Gasteiger charge is 2.28. The zero-order valence-corrected chi connectivity index (χ0v) is 35.3. The molecule has 0 aliphatic heterocycles. The van der Waals surface area contributed by atoms with Gasteiger partial charge in [0.25, 0.3) is 0 Å². The molecule has 0 aromatic carbocycles. The van der Waals surface area contributed by atoms with Gasteiger partial charge in [-0.15, -0.1) is 0 Å². The average molecular weight is 808 g/mol. The number of aliphatic carboxylic acids is 1. The minimum atomic E-state index is -4.73. The molecule has 0 aromatic rings. The van der Waals surface area contributed by atoms with Crippen LogP contribution in [-0.4, -0.2) is 59.9 Å². The third-order valence-electron chi connectivity index (χ3n) is 8.44. The van der Waals surface area contributed by atoms with Crippen molar-refractivity contribution in [3.05, 3.63) is 72.9 Å². The molecule has 0 aliphatic rings. The van der Waals surface area contributed by atoms with Gasteiger partial charge < -0.3 is 25.2 Å². The summed E-state index contributed by atoms with van der Waals surface area (Å²) >= 11 is 0. The summed E-state index contributed by atoms with van der Waals surface area (Å²) in [6, 6.07) is -1.53. The smallest absolute Gasteiger partial charge is 0.472 e. The summed E-state index contributed by atoms with van der Waals surface area (Å²) < 4.78 is 32.6. The highest BCUT2D eigenvalue weighted by Crippen LogP contribution is 2.43. The van der Waals surface area contributed by atoms with E-state index < -0.39 is 51.1 Å². The molecule has 11 nitrogen and oxygen atoms in total. The number of hydrogen-bond donors (Lipinski definition) is 3. The first kappa shape index (κ1) is 52.9. The van der Waals surface area contributed by atoms with Crippen molar-refractivity contribution < 1.29 is 47.5 Å². The van der Waals surface area contributed by atoms with Crippen molar-refractivity contribution in [1.29, 1.82) is 0 Å². The number of esters is 2. The fourth-order valence-electron chi connectivity index (χ4n) is 5.14. The number of carbonyl (C=O) groups is 3. The summed E-state index contributed by atoms with van der Waals surface area (Å²) in [6.07, 6.45) is 45.4. The molecule has 0 heterocycles. The molecule has 12 heteroatoms. The number of hydrogen-bond acceptors (Lipinski definition) is 9. The molecule has 0 rings (SSSR count). The van der Waals surface area contributed by atoms with Crippen molar-refractivity contribution in [1.82, 2.24) is 0 Å². The van der Waals surface area contributed by atoms with Gasteiger partial charge >= 0.3 is 25.7 Å². The number of allylic oxidation sites excluding steroid dienone is 12. The molecule has 1 unspecified atom stereocenters. The third kappa shape index (κ3) is 37.8. The van der Waals surface area contributed by atoms with Crippen LogP contribution in [0.5, 0.6) is 0 Å². The number of carboxylic acids is 1. The van der Waals surface area contributed by atoms with E-state index in [1.807, 2.05) is 0 Å². The van der Waals surface area contributed by atoms with E-state index in [9.17, 15) is 23.8 Å². The zero-order chi connectivity index (χ0) is 41.4. The van der Waals surface area contributed by atoms with Crippen molar-refractivity contribution in [2.45, 2.75) is 167 Å². The lowest BCUT2D eigenvalue weighted by molar-refractivity contribution is -0.161. The zero-order valence-electron chi connectivity index (χ0n) is 34.4. The second kappa shape index (κ2) is 38.8. The summed E-state index contributed by atoms with van der Waals surface area (Å²) in [6.45, 7) is 2.61. The Morgan fingerprint density at radius 1 is 0.571 bits per heavy atom. The van der Waals surface area contributed by atoms with E-state index in [2.05, 4.69) is 91.3 Å². The van der Waals surface area contributed by atoms with Crippen LogP contribution in [0.3, 0.4) is 0 Å². The molecule has 0 aromatic heterocycles. The quantitative estimate of drug-likeness (QED) is 0.0235. The molecule has 320 valence electrons. The van der Waals surface area contributed by atoms with Gasteiger partial charge in [-0.2, -0.15) is 0 Å². The van der Waals surface area contributed by atoms with E-state index in [0.717, 1.165) is 77.0 Å². The van der Waals surface area contributed by atoms with E-state index in [4.69, 9.17) is 24.8 Å². The largest absolute Gasteiger partial charge is 0.480 e. The van der Waals surface area contributed by atoms with Gasteiger partial charge in [0.2, 0.25) is 0 Å². The Morgan fingerprint density at radius 3 is 1.52 bits per heavy atom. The third-order valence-corrected chi connectivity index (χ3v) is 9.39. The Kier molecular flexibility index (Phi) is 36.6. The summed E-state index contributed by atoms with van der Waals surface area (Å²) in [5, 5.41) is 8.88. The van der Waals surface area contributed by atoms with Crippen molar-refractivity contribution in [3.63, 3.8) is 0 Å². The van der Waals surface area contributed by atoms with Crippen LogP contribution in [0.4, 0.5) is 0 Å². The van der Waals surface area contributed by atoms with Gasteiger partial charge in [-0.3, -0.25) is 23.4 Å². The van der Waals surface area contributed by atoms with Crippen molar-refractivity contribution >= 4 is 25.7 Å². The first-order valence-corrected chi connectivity index (χ1v) is 22.5. The van der Waals surface area contributed by atoms with Gasteiger partial charge in [0.05, 0.1) is 13.2 Å². The molecule has 4 N–H and O–H groups in total. The first-order valence-electron chi connectivity index (χ1n) is 21.0. The number of rotatable bonds is 38. The van der Waals surface area contributed by atoms with E-state index in [-0.39, 0.29) is 19.4 Å². The SMILES string of the molecule is CC/C=C/C/C=C/C/C=C/C/C=C/C/C=C/CCCCCC(=O)OC[C@@H](COP(=O)(O)OC[C@@H](N)C(=O)O)OC(=O)CCCCC/C=C/CCCCCCCC. The fraction of sp³-hybridized carbons (Fsp3) is 0.659. The van der Waals surface area contributed by atoms with E-state index >= 15 is 0 Å². The molecule has 0 fully saturated rings. The van der Waals surface area contributed by atoms with Gasteiger partial charge in [-0.05, 0) is 83.5 Å². The van der Waals surface area contributed by atoms with Crippen LogP contribution in [0.15, 0.2) is 72.9 Å². The predicted molar refractivity (Wildman–Crippen MR) is 226 cm³/mol. The van der Waals surface area contributed by atoms with Crippen molar-refractivity contribution in [3.8, 4) is 0 Å². The molecular formula is C44H74NO10P. The number of carboxylic acid groups (broad SMARTS) is 1. The second-order valence-electron chi connectivity index (χ2n) is 13.7. The number of carbonyl (C=O) groups excluding carboxylic acids is 2. The van der Waals surface area contributed by atoms with Crippen LogP contribution in [0.1, 0.15) is 155 Å². The van der Waals surface area contributed by atoms with Crippen molar-refractivity contribution in [2.75, 3.05) is 19.8 Å². The second-order valence-corrected chi connectivity index (χ2v) is 15.2. The monoisotopic (exact) mass is 808 g/mol. The van der Waals surface area contributed by atoms with Gasteiger partial charge in [-0.25, -0.2) is 4.57 Å². The minimum absolute atomic E-state index is 0.130. The maximum Gasteiger partial charge on any atom is 0.472 e. The molecule has 56 heavy (non-hydrogen) atoms. The highest BCUT2D eigenvalue weighted by molar-refractivity contribution is 7.47. The topological polar surface area (TPSA) is 172 Å². The Labute approximate surface area is 338 Å². The number of phosphoric ester groups is 1. The summed E-state index contributed by atoms with van der Waals surface area (Å²) in [5.41, 5.74) is 5.32. The Bertz CT molecular complexity index is 1230. The number of phosphoric acid groups is 1.